The van der Waals surface area contributed by atoms with E-state index in [1.165, 1.54) is 47.6 Å². The molecule has 0 aliphatic rings. The molecule has 0 fully saturated rings. The summed E-state index contributed by atoms with van der Waals surface area (Å²) in [4.78, 5) is 0. The van der Waals surface area contributed by atoms with Crippen LogP contribution >= 0.6 is 11.3 Å². The van der Waals surface area contributed by atoms with Gasteiger partial charge in [-0.1, -0.05) is 54.6 Å². The number of benzene rings is 4. The number of fused-ring (bicyclic) bond motifs is 4. The second kappa shape index (κ2) is 5.19. The Labute approximate surface area is 145 Å². The van der Waals surface area contributed by atoms with Crippen LogP contribution in [0.25, 0.3) is 42.1 Å². The lowest BCUT2D eigenvalue weighted by atomic mass is 9.98. The molecule has 0 unspecified atom stereocenters. The molecule has 0 amide bonds. The number of hydrogen-bond acceptors (Lipinski definition) is 1. The minimum absolute atomic E-state index is 1.29. The van der Waals surface area contributed by atoms with Gasteiger partial charge in [-0.25, -0.2) is 0 Å². The minimum Gasteiger partial charge on any atom is -0.135 e. The largest absolute Gasteiger partial charge is 0.135 e. The van der Waals surface area contributed by atoms with E-state index in [9.17, 15) is 0 Å². The molecule has 0 N–H and O–H groups in total. The molecule has 4 aromatic carbocycles. The summed E-state index contributed by atoms with van der Waals surface area (Å²) in [7, 11) is 0. The van der Waals surface area contributed by atoms with Gasteiger partial charge < -0.3 is 0 Å². The lowest BCUT2D eigenvalue weighted by molar-refractivity contribution is 1.51. The Bertz CT molecular complexity index is 1210. The fraction of sp³-hybridized carbons (Fsp3) is 0.0435. The monoisotopic (exact) mass is 324 g/mol. The molecular weight excluding hydrogens is 308 g/mol. The molecule has 0 spiro atoms. The Morgan fingerprint density at radius 3 is 2.38 bits per heavy atom. The van der Waals surface area contributed by atoms with Crippen molar-refractivity contribution in [2.75, 3.05) is 0 Å². The van der Waals surface area contributed by atoms with Gasteiger partial charge in [0.05, 0.1) is 0 Å². The lowest BCUT2D eigenvalue weighted by Crippen LogP contribution is -1.82. The molecule has 0 atom stereocenters. The van der Waals surface area contributed by atoms with Crippen molar-refractivity contribution in [3.05, 3.63) is 84.4 Å². The van der Waals surface area contributed by atoms with Crippen LogP contribution in [0.2, 0.25) is 0 Å². The third kappa shape index (κ3) is 2.05. The summed E-state index contributed by atoms with van der Waals surface area (Å²) in [5.74, 6) is 0. The Morgan fingerprint density at radius 1 is 0.667 bits per heavy atom. The average Bonchev–Trinajstić information content (AvgIpc) is 2.99. The molecule has 5 rings (SSSR count). The summed E-state index contributed by atoms with van der Waals surface area (Å²) >= 11 is 1.90. The van der Waals surface area contributed by atoms with E-state index in [1.54, 1.807) is 0 Å². The molecule has 0 radical (unpaired) electrons. The molecule has 0 nitrogen and oxygen atoms in total. The van der Waals surface area contributed by atoms with Crippen molar-refractivity contribution in [2.24, 2.45) is 0 Å². The topological polar surface area (TPSA) is 0 Å². The molecule has 0 aliphatic heterocycles. The predicted octanol–water partition coefficient (Wildman–Crippen LogP) is 7.18. The van der Waals surface area contributed by atoms with E-state index in [0.717, 1.165) is 0 Å². The molecule has 0 saturated carbocycles. The first-order valence-corrected chi connectivity index (χ1v) is 9.02. The highest BCUT2D eigenvalue weighted by atomic mass is 32.1. The maximum atomic E-state index is 2.32. The van der Waals surface area contributed by atoms with Crippen molar-refractivity contribution in [3.8, 4) is 11.1 Å². The van der Waals surface area contributed by atoms with E-state index in [2.05, 4.69) is 85.8 Å². The van der Waals surface area contributed by atoms with Gasteiger partial charge >= 0.3 is 0 Å². The first-order valence-electron chi connectivity index (χ1n) is 8.21. The number of thiophene rings is 1. The second-order valence-corrected chi connectivity index (χ2v) is 7.40. The van der Waals surface area contributed by atoms with Crippen molar-refractivity contribution >= 4 is 42.3 Å². The fourth-order valence-electron chi connectivity index (χ4n) is 3.54. The Balaban J connectivity index is 1.87. The number of aryl methyl sites for hydroxylation is 1. The summed E-state index contributed by atoms with van der Waals surface area (Å²) in [5.41, 5.74) is 3.96. The molecule has 1 aromatic heterocycles. The summed E-state index contributed by atoms with van der Waals surface area (Å²) < 4.78 is 2.75. The highest BCUT2D eigenvalue weighted by molar-refractivity contribution is 7.26. The van der Waals surface area contributed by atoms with Gasteiger partial charge in [-0.05, 0) is 58.7 Å². The van der Waals surface area contributed by atoms with E-state index < -0.39 is 0 Å². The average molecular weight is 324 g/mol. The zero-order valence-electron chi connectivity index (χ0n) is 13.4. The van der Waals surface area contributed by atoms with E-state index in [-0.39, 0.29) is 0 Å². The number of rotatable bonds is 1. The Morgan fingerprint density at radius 2 is 1.46 bits per heavy atom. The molecule has 1 heteroatoms. The van der Waals surface area contributed by atoms with Crippen molar-refractivity contribution < 1.29 is 0 Å². The number of hydrogen-bond donors (Lipinski definition) is 0. The molecular formula is C23H16S. The first kappa shape index (κ1) is 13.8. The van der Waals surface area contributed by atoms with Gasteiger partial charge in [-0.2, -0.15) is 0 Å². The Kier molecular flexibility index (Phi) is 2.97. The fourth-order valence-corrected chi connectivity index (χ4v) is 4.76. The van der Waals surface area contributed by atoms with Crippen LogP contribution in [-0.2, 0) is 0 Å². The predicted molar refractivity (Wildman–Crippen MR) is 107 cm³/mol. The molecule has 24 heavy (non-hydrogen) atoms. The van der Waals surface area contributed by atoms with Gasteiger partial charge in [-0.15, -0.1) is 11.3 Å². The normalized spacial score (nSPS) is 11.5. The van der Waals surface area contributed by atoms with Crippen molar-refractivity contribution in [1.82, 2.24) is 0 Å². The second-order valence-electron chi connectivity index (χ2n) is 6.35. The van der Waals surface area contributed by atoms with Crippen LogP contribution in [0.15, 0.2) is 78.9 Å². The van der Waals surface area contributed by atoms with E-state index in [0.29, 0.717) is 0 Å². The smallest absolute Gasteiger partial charge is 0.0434 e. The highest BCUT2D eigenvalue weighted by Crippen LogP contribution is 2.41. The van der Waals surface area contributed by atoms with Crippen molar-refractivity contribution in [1.29, 1.82) is 0 Å². The highest BCUT2D eigenvalue weighted by Gasteiger charge is 2.11. The van der Waals surface area contributed by atoms with Crippen molar-refractivity contribution in [2.45, 2.75) is 6.92 Å². The third-order valence-electron chi connectivity index (χ3n) is 4.68. The molecule has 0 saturated heterocycles. The lowest BCUT2D eigenvalue weighted by Gasteiger charge is -2.07. The molecule has 114 valence electrons. The van der Waals surface area contributed by atoms with Gasteiger partial charge in [-0.3, -0.25) is 0 Å². The molecule has 0 bridgehead atoms. The zero-order chi connectivity index (χ0) is 16.1. The third-order valence-corrected chi connectivity index (χ3v) is 5.90. The van der Waals surface area contributed by atoms with Gasteiger partial charge in [0.15, 0.2) is 0 Å². The first-order chi connectivity index (χ1) is 11.8. The summed E-state index contributed by atoms with van der Waals surface area (Å²) in [6, 6.07) is 28.7. The van der Waals surface area contributed by atoms with E-state index in [4.69, 9.17) is 0 Å². The quantitative estimate of drug-likeness (QED) is 0.306. The van der Waals surface area contributed by atoms with Crippen LogP contribution < -0.4 is 0 Å². The zero-order valence-corrected chi connectivity index (χ0v) is 14.2. The van der Waals surface area contributed by atoms with Gasteiger partial charge in [0.2, 0.25) is 0 Å². The van der Waals surface area contributed by atoms with E-state index in [1.807, 2.05) is 11.3 Å². The van der Waals surface area contributed by atoms with Crippen LogP contribution in [0, 0.1) is 6.92 Å². The minimum atomic E-state index is 1.29. The van der Waals surface area contributed by atoms with Crippen LogP contribution in [0.5, 0.6) is 0 Å². The maximum absolute atomic E-state index is 2.32. The van der Waals surface area contributed by atoms with Crippen LogP contribution in [0.3, 0.4) is 0 Å². The molecule has 5 aromatic rings. The van der Waals surface area contributed by atoms with Crippen LogP contribution in [0.1, 0.15) is 5.56 Å². The van der Waals surface area contributed by atoms with Gasteiger partial charge in [0.25, 0.3) is 0 Å². The molecule has 1 heterocycles. The summed E-state index contributed by atoms with van der Waals surface area (Å²) in [6.07, 6.45) is 0. The SMILES string of the molecule is Cc1cc(-c2ccc3ccccc3c2)c2sc3ccccc3c2c1. The van der Waals surface area contributed by atoms with Crippen LogP contribution in [0.4, 0.5) is 0 Å². The van der Waals surface area contributed by atoms with Crippen molar-refractivity contribution in [3.63, 3.8) is 0 Å². The van der Waals surface area contributed by atoms with Crippen LogP contribution in [-0.4, -0.2) is 0 Å². The van der Waals surface area contributed by atoms with E-state index >= 15 is 0 Å². The van der Waals surface area contributed by atoms with Gasteiger partial charge in [0, 0.05) is 20.2 Å². The standard InChI is InChI=1S/C23H16S/c1-15-12-20(18-11-10-16-6-2-3-7-17(16)14-18)23-21(13-15)19-8-4-5-9-22(19)24-23/h2-14H,1H3. The van der Waals surface area contributed by atoms with Gasteiger partial charge in [0.1, 0.15) is 0 Å². The maximum Gasteiger partial charge on any atom is 0.0434 e. The summed E-state index contributed by atoms with van der Waals surface area (Å²) in [6.45, 7) is 2.19. The summed E-state index contributed by atoms with van der Waals surface area (Å²) in [5, 5.41) is 5.33. The molecule has 0 aliphatic carbocycles. The Hall–Kier alpha value is -2.64.